The van der Waals surface area contributed by atoms with Crippen LogP contribution in [-0.4, -0.2) is 6.61 Å². The molecule has 0 radical (unpaired) electrons. The molecule has 2 heteroatoms. The summed E-state index contributed by atoms with van der Waals surface area (Å²) in [6, 6.07) is 0. The Balaban J connectivity index is 2.66. The van der Waals surface area contributed by atoms with Crippen molar-refractivity contribution in [1.82, 2.24) is 0 Å². The van der Waals surface area contributed by atoms with Crippen LogP contribution in [0.4, 0.5) is 0 Å². The summed E-state index contributed by atoms with van der Waals surface area (Å²) in [7, 11) is 0. The Morgan fingerprint density at radius 2 is 2.50 bits per heavy atom. The topological polar surface area (TPSA) is 35.2 Å². The van der Waals surface area contributed by atoms with E-state index in [-0.39, 0.29) is 0 Å². The molecule has 0 aromatic heterocycles. The second-order valence-electron chi connectivity index (χ2n) is 0.784. The summed E-state index contributed by atoms with van der Waals surface area (Å²) in [5.74, 6) is 0. The minimum atomic E-state index is 0.688. The van der Waals surface area contributed by atoms with Gasteiger partial charge in [-0.2, -0.15) is 0 Å². The zero-order valence-electron chi connectivity index (χ0n) is 3.85. The van der Waals surface area contributed by atoms with E-state index < -0.39 is 0 Å². The maximum atomic E-state index is 4.91. The third-order valence-corrected chi connectivity index (χ3v) is 0.341. The maximum Gasteiger partial charge on any atom is 0.0983 e. The quantitative estimate of drug-likeness (QED) is 0.496. The average molecular weight is 87.1 g/mol. The fourth-order valence-electron chi connectivity index (χ4n) is 0.152. The van der Waals surface area contributed by atoms with E-state index in [4.69, 9.17) is 5.73 Å². The number of hydrogen-bond acceptors (Lipinski definition) is 2. The monoisotopic (exact) mass is 87.1 g/mol. The molecule has 0 aliphatic carbocycles. The molecule has 36 valence electrons. The van der Waals surface area contributed by atoms with Gasteiger partial charge >= 0.3 is 0 Å². The van der Waals surface area contributed by atoms with Crippen molar-refractivity contribution in [1.29, 1.82) is 0 Å². The molecule has 6 heavy (non-hydrogen) atoms. The molecule has 0 amide bonds. The van der Waals surface area contributed by atoms with E-state index in [2.05, 4.69) is 4.74 Å². The van der Waals surface area contributed by atoms with Crippen molar-refractivity contribution < 1.29 is 4.74 Å². The molecule has 0 aliphatic rings. The van der Waals surface area contributed by atoms with E-state index in [1.165, 1.54) is 12.5 Å². The van der Waals surface area contributed by atoms with E-state index in [0.29, 0.717) is 6.61 Å². The van der Waals surface area contributed by atoms with Crippen LogP contribution in [0.25, 0.3) is 0 Å². The van der Waals surface area contributed by atoms with Gasteiger partial charge in [0.05, 0.1) is 12.9 Å². The van der Waals surface area contributed by atoms with Crippen molar-refractivity contribution in [2.24, 2.45) is 5.73 Å². The fraction of sp³-hybridized carbons (Fsp3) is 0.500. The predicted molar refractivity (Wildman–Crippen MR) is 25.0 cm³/mol. The van der Waals surface area contributed by atoms with E-state index >= 15 is 0 Å². The molecule has 0 heterocycles. The van der Waals surface area contributed by atoms with Crippen molar-refractivity contribution in [3.8, 4) is 0 Å². The summed E-state index contributed by atoms with van der Waals surface area (Å²) < 4.78 is 4.68. The molecule has 0 aromatic carbocycles. The Kier molecular flexibility index (Phi) is 3.86. The molecule has 0 rings (SSSR count). The lowest BCUT2D eigenvalue weighted by Crippen LogP contribution is -1.80. The lowest BCUT2D eigenvalue weighted by molar-refractivity contribution is 0.268. The first-order chi connectivity index (χ1) is 2.91. The second-order valence-corrected chi connectivity index (χ2v) is 0.784. The van der Waals surface area contributed by atoms with Gasteiger partial charge in [0.25, 0.3) is 0 Å². The van der Waals surface area contributed by atoms with Crippen LogP contribution in [0, 0.1) is 0 Å². The molecule has 0 bridgehead atoms. The SMILES string of the molecule is CCO/C=C/N. The molecular formula is C4H9NO. The van der Waals surface area contributed by atoms with Crippen LogP contribution in [0.3, 0.4) is 0 Å². The van der Waals surface area contributed by atoms with Crippen LogP contribution in [0.15, 0.2) is 12.5 Å². The smallest absolute Gasteiger partial charge is 0.0983 e. The molecule has 0 saturated carbocycles. The number of rotatable bonds is 2. The highest BCUT2D eigenvalue weighted by molar-refractivity contribution is 4.61. The van der Waals surface area contributed by atoms with Crippen molar-refractivity contribution in [2.75, 3.05) is 6.61 Å². The third-order valence-electron chi connectivity index (χ3n) is 0.341. The summed E-state index contributed by atoms with van der Waals surface area (Å²) >= 11 is 0. The normalized spacial score (nSPS) is 9.50. The number of nitrogens with two attached hydrogens (primary N) is 1. The van der Waals surface area contributed by atoms with Gasteiger partial charge in [-0.15, -0.1) is 0 Å². The lowest BCUT2D eigenvalue weighted by Gasteiger charge is -1.86. The minimum absolute atomic E-state index is 0.688. The first-order valence-corrected chi connectivity index (χ1v) is 1.90. The van der Waals surface area contributed by atoms with Gasteiger partial charge in [0.15, 0.2) is 0 Å². The molecule has 0 aliphatic heterocycles. The van der Waals surface area contributed by atoms with Crippen molar-refractivity contribution in [3.05, 3.63) is 12.5 Å². The van der Waals surface area contributed by atoms with Gasteiger partial charge in [0, 0.05) is 6.20 Å². The number of hydrogen-bond donors (Lipinski definition) is 1. The van der Waals surface area contributed by atoms with Crippen molar-refractivity contribution >= 4 is 0 Å². The molecule has 0 unspecified atom stereocenters. The van der Waals surface area contributed by atoms with Gasteiger partial charge in [0.2, 0.25) is 0 Å². The van der Waals surface area contributed by atoms with Crippen LogP contribution in [0.1, 0.15) is 6.92 Å². The third kappa shape index (κ3) is 3.34. The highest BCUT2D eigenvalue weighted by Crippen LogP contribution is 1.68. The van der Waals surface area contributed by atoms with Crippen LogP contribution >= 0.6 is 0 Å². The minimum Gasteiger partial charge on any atom is -0.500 e. The van der Waals surface area contributed by atoms with Crippen molar-refractivity contribution in [3.63, 3.8) is 0 Å². The molecule has 2 N–H and O–H groups in total. The molecule has 2 nitrogen and oxygen atoms in total. The van der Waals surface area contributed by atoms with Gasteiger partial charge in [-0.25, -0.2) is 0 Å². The Labute approximate surface area is 37.6 Å². The summed E-state index contributed by atoms with van der Waals surface area (Å²) in [5, 5.41) is 0. The van der Waals surface area contributed by atoms with Crippen molar-refractivity contribution in [2.45, 2.75) is 6.92 Å². The summed E-state index contributed by atoms with van der Waals surface area (Å²) in [6.45, 7) is 2.59. The van der Waals surface area contributed by atoms with Crippen LogP contribution in [0.5, 0.6) is 0 Å². The summed E-state index contributed by atoms with van der Waals surface area (Å²) in [4.78, 5) is 0. The van der Waals surface area contributed by atoms with E-state index in [9.17, 15) is 0 Å². The zero-order chi connectivity index (χ0) is 4.83. The largest absolute Gasteiger partial charge is 0.500 e. The van der Waals surface area contributed by atoms with Crippen LogP contribution in [-0.2, 0) is 4.74 Å². The highest BCUT2D eigenvalue weighted by atomic mass is 16.5. The van der Waals surface area contributed by atoms with Crippen LogP contribution in [0.2, 0.25) is 0 Å². The van der Waals surface area contributed by atoms with E-state index in [0.717, 1.165) is 0 Å². The van der Waals surface area contributed by atoms with Gasteiger partial charge in [-0.05, 0) is 6.92 Å². The van der Waals surface area contributed by atoms with Crippen LogP contribution < -0.4 is 5.73 Å². The molecule has 0 spiro atoms. The van der Waals surface area contributed by atoms with E-state index in [1.807, 2.05) is 6.92 Å². The van der Waals surface area contributed by atoms with E-state index in [1.54, 1.807) is 0 Å². The lowest BCUT2D eigenvalue weighted by atomic mass is 10.9. The molecule has 0 aromatic rings. The molecular weight excluding hydrogens is 78.0 g/mol. The number of ether oxygens (including phenoxy) is 1. The van der Waals surface area contributed by atoms with Gasteiger partial charge in [-0.3, -0.25) is 0 Å². The first kappa shape index (κ1) is 5.34. The standard InChI is InChI=1S/C4H9NO/c1-2-6-4-3-5/h3-4H,2,5H2,1H3/b4-3+. The zero-order valence-corrected chi connectivity index (χ0v) is 3.85. The maximum absolute atomic E-state index is 4.91. The Morgan fingerprint density at radius 1 is 1.83 bits per heavy atom. The fourth-order valence-corrected chi connectivity index (χ4v) is 0.152. The second kappa shape index (κ2) is 4.34. The van der Waals surface area contributed by atoms with Gasteiger partial charge < -0.3 is 10.5 Å². The summed E-state index contributed by atoms with van der Waals surface area (Å²) in [5.41, 5.74) is 4.91. The Hall–Kier alpha value is -0.660. The molecule has 0 fully saturated rings. The Morgan fingerprint density at radius 3 is 2.67 bits per heavy atom. The first-order valence-electron chi connectivity index (χ1n) is 1.90. The highest BCUT2D eigenvalue weighted by Gasteiger charge is 1.60. The van der Waals surface area contributed by atoms with Gasteiger partial charge in [-0.1, -0.05) is 0 Å². The average Bonchev–Trinajstić information content (AvgIpc) is 1.61. The van der Waals surface area contributed by atoms with Gasteiger partial charge in [0.1, 0.15) is 0 Å². The summed E-state index contributed by atoms with van der Waals surface area (Å²) in [6.07, 6.45) is 2.82. The molecule has 0 atom stereocenters. The predicted octanol–water partition coefficient (Wildman–Crippen LogP) is 0.453. The Bertz CT molecular complexity index is 42.8. The molecule has 0 saturated heterocycles.